The summed E-state index contributed by atoms with van der Waals surface area (Å²) in [7, 11) is 0. The zero-order valence-corrected chi connectivity index (χ0v) is 9.45. The minimum Gasteiger partial charge on any atom is -0.465 e. The van der Waals surface area contributed by atoms with E-state index in [2.05, 4.69) is 12.2 Å². The van der Waals surface area contributed by atoms with Crippen LogP contribution in [0.1, 0.15) is 37.3 Å². The predicted octanol–water partition coefficient (Wildman–Crippen LogP) is 2.42. The van der Waals surface area contributed by atoms with Gasteiger partial charge in [0, 0.05) is 13.2 Å². The molecule has 3 heteroatoms. The summed E-state index contributed by atoms with van der Waals surface area (Å²) < 4.78 is 11.1. The Morgan fingerprint density at radius 2 is 2.40 bits per heavy atom. The number of hydrogen-bond donors (Lipinski definition) is 1. The van der Waals surface area contributed by atoms with Gasteiger partial charge in [0.25, 0.3) is 0 Å². The summed E-state index contributed by atoms with van der Waals surface area (Å²) in [6, 6.07) is 4.30. The average molecular weight is 209 g/mol. The van der Waals surface area contributed by atoms with E-state index in [1.54, 1.807) is 0 Å². The van der Waals surface area contributed by atoms with Crippen LogP contribution < -0.4 is 5.32 Å². The van der Waals surface area contributed by atoms with Crippen LogP contribution in [0.2, 0.25) is 0 Å². The molecule has 1 aromatic rings. The topological polar surface area (TPSA) is 34.4 Å². The van der Waals surface area contributed by atoms with E-state index >= 15 is 0 Å². The van der Waals surface area contributed by atoms with Gasteiger partial charge < -0.3 is 14.5 Å². The van der Waals surface area contributed by atoms with Gasteiger partial charge in [0.1, 0.15) is 11.5 Å². The molecule has 1 aliphatic rings. The molecule has 0 aliphatic carbocycles. The Balaban J connectivity index is 1.79. The highest BCUT2D eigenvalue weighted by Gasteiger charge is 2.17. The number of rotatable bonds is 4. The van der Waals surface area contributed by atoms with E-state index in [1.807, 2.05) is 19.1 Å². The van der Waals surface area contributed by atoms with Crippen LogP contribution >= 0.6 is 0 Å². The first-order valence-electron chi connectivity index (χ1n) is 5.67. The maximum atomic E-state index is 5.56. The molecule has 1 N–H and O–H groups in total. The standard InChI is InChI=1S/C12H19NO2/c1-9-5-6-12(15-9)10(2)13-8-11-4-3-7-14-11/h5-6,10-11,13H,3-4,7-8H2,1-2H3. The third kappa shape index (κ3) is 2.83. The predicted molar refractivity (Wildman–Crippen MR) is 58.8 cm³/mol. The molecule has 2 heterocycles. The Hall–Kier alpha value is -0.800. The summed E-state index contributed by atoms with van der Waals surface area (Å²) in [6.07, 6.45) is 2.76. The summed E-state index contributed by atoms with van der Waals surface area (Å²) in [6.45, 7) is 5.92. The molecule has 1 aromatic heterocycles. The van der Waals surface area contributed by atoms with Crippen LogP contribution in [0.5, 0.6) is 0 Å². The van der Waals surface area contributed by atoms with Gasteiger partial charge in [0.15, 0.2) is 0 Å². The van der Waals surface area contributed by atoms with Gasteiger partial charge in [0.2, 0.25) is 0 Å². The van der Waals surface area contributed by atoms with Crippen molar-refractivity contribution >= 4 is 0 Å². The summed E-state index contributed by atoms with van der Waals surface area (Å²) >= 11 is 0. The Labute approximate surface area is 90.8 Å². The molecule has 1 fully saturated rings. The maximum absolute atomic E-state index is 5.56. The van der Waals surface area contributed by atoms with Crippen molar-refractivity contribution < 1.29 is 9.15 Å². The number of aryl methyl sites for hydroxylation is 1. The Bertz CT molecular complexity index is 302. The van der Waals surface area contributed by atoms with Crippen molar-refractivity contribution in [3.05, 3.63) is 23.7 Å². The molecule has 0 radical (unpaired) electrons. The van der Waals surface area contributed by atoms with Gasteiger partial charge in [0.05, 0.1) is 12.1 Å². The van der Waals surface area contributed by atoms with Crippen molar-refractivity contribution in [1.82, 2.24) is 5.32 Å². The first kappa shape index (κ1) is 10.7. The van der Waals surface area contributed by atoms with Crippen molar-refractivity contribution in [2.24, 2.45) is 0 Å². The third-order valence-corrected chi connectivity index (χ3v) is 2.86. The maximum Gasteiger partial charge on any atom is 0.120 e. The molecule has 2 unspecified atom stereocenters. The molecule has 0 aromatic carbocycles. The second kappa shape index (κ2) is 4.81. The third-order valence-electron chi connectivity index (χ3n) is 2.86. The number of furan rings is 1. The number of nitrogens with one attached hydrogen (secondary N) is 1. The molecule has 0 bridgehead atoms. The van der Waals surface area contributed by atoms with E-state index < -0.39 is 0 Å². The molecule has 2 atom stereocenters. The normalized spacial score (nSPS) is 23.2. The van der Waals surface area contributed by atoms with Crippen LogP contribution in [-0.4, -0.2) is 19.3 Å². The van der Waals surface area contributed by atoms with Crippen molar-refractivity contribution in [3.63, 3.8) is 0 Å². The zero-order valence-electron chi connectivity index (χ0n) is 9.45. The highest BCUT2D eigenvalue weighted by Crippen LogP contribution is 2.17. The van der Waals surface area contributed by atoms with E-state index in [4.69, 9.17) is 9.15 Å². The van der Waals surface area contributed by atoms with Crippen molar-refractivity contribution in [2.45, 2.75) is 38.8 Å². The molecule has 2 rings (SSSR count). The van der Waals surface area contributed by atoms with Crippen LogP contribution in [0, 0.1) is 6.92 Å². The van der Waals surface area contributed by atoms with Crippen LogP contribution in [0.25, 0.3) is 0 Å². The van der Waals surface area contributed by atoms with Crippen LogP contribution in [-0.2, 0) is 4.74 Å². The fourth-order valence-electron chi connectivity index (χ4n) is 1.90. The van der Waals surface area contributed by atoms with Gasteiger partial charge in [-0.1, -0.05) is 0 Å². The Morgan fingerprint density at radius 3 is 3.00 bits per heavy atom. The smallest absolute Gasteiger partial charge is 0.120 e. The second-order valence-corrected chi connectivity index (χ2v) is 4.21. The van der Waals surface area contributed by atoms with Crippen LogP contribution in [0.15, 0.2) is 16.5 Å². The molecule has 0 spiro atoms. The highest BCUT2D eigenvalue weighted by molar-refractivity contribution is 5.08. The summed E-state index contributed by atoms with van der Waals surface area (Å²) in [5.41, 5.74) is 0. The minimum atomic E-state index is 0.267. The van der Waals surface area contributed by atoms with Crippen molar-refractivity contribution in [2.75, 3.05) is 13.2 Å². The van der Waals surface area contributed by atoms with E-state index in [-0.39, 0.29) is 6.04 Å². The van der Waals surface area contributed by atoms with Gasteiger partial charge in [-0.3, -0.25) is 0 Å². The fraction of sp³-hybridized carbons (Fsp3) is 0.667. The van der Waals surface area contributed by atoms with Crippen LogP contribution in [0.3, 0.4) is 0 Å². The molecule has 0 saturated carbocycles. The fourth-order valence-corrected chi connectivity index (χ4v) is 1.90. The summed E-state index contributed by atoms with van der Waals surface area (Å²) in [4.78, 5) is 0. The first-order chi connectivity index (χ1) is 7.25. The molecular weight excluding hydrogens is 190 g/mol. The molecule has 3 nitrogen and oxygen atoms in total. The molecule has 0 amide bonds. The summed E-state index contributed by atoms with van der Waals surface area (Å²) in [5.74, 6) is 1.97. The van der Waals surface area contributed by atoms with Gasteiger partial charge in [-0.15, -0.1) is 0 Å². The van der Waals surface area contributed by atoms with E-state index in [9.17, 15) is 0 Å². The van der Waals surface area contributed by atoms with Gasteiger partial charge in [-0.25, -0.2) is 0 Å². The zero-order chi connectivity index (χ0) is 10.7. The number of ether oxygens (including phenoxy) is 1. The monoisotopic (exact) mass is 209 g/mol. The second-order valence-electron chi connectivity index (χ2n) is 4.21. The summed E-state index contributed by atoms with van der Waals surface area (Å²) in [5, 5.41) is 3.44. The molecule has 1 aliphatic heterocycles. The molecule has 15 heavy (non-hydrogen) atoms. The van der Waals surface area contributed by atoms with E-state index in [0.717, 1.165) is 24.7 Å². The Morgan fingerprint density at radius 1 is 1.53 bits per heavy atom. The van der Waals surface area contributed by atoms with Crippen molar-refractivity contribution in [3.8, 4) is 0 Å². The first-order valence-corrected chi connectivity index (χ1v) is 5.67. The molecule has 1 saturated heterocycles. The highest BCUT2D eigenvalue weighted by atomic mass is 16.5. The Kier molecular flexibility index (Phi) is 3.44. The lowest BCUT2D eigenvalue weighted by Gasteiger charge is -2.15. The lowest BCUT2D eigenvalue weighted by atomic mass is 10.2. The van der Waals surface area contributed by atoms with Gasteiger partial charge in [-0.05, 0) is 38.8 Å². The number of hydrogen-bond acceptors (Lipinski definition) is 3. The largest absolute Gasteiger partial charge is 0.465 e. The van der Waals surface area contributed by atoms with Gasteiger partial charge >= 0.3 is 0 Å². The molecule has 84 valence electrons. The SMILES string of the molecule is Cc1ccc(C(C)NCC2CCCO2)o1. The van der Waals surface area contributed by atoms with E-state index in [0.29, 0.717) is 6.10 Å². The quantitative estimate of drug-likeness (QED) is 0.827. The van der Waals surface area contributed by atoms with Gasteiger partial charge in [-0.2, -0.15) is 0 Å². The molecular formula is C12H19NO2. The average Bonchev–Trinajstić information content (AvgIpc) is 2.84. The van der Waals surface area contributed by atoms with Crippen LogP contribution in [0.4, 0.5) is 0 Å². The van der Waals surface area contributed by atoms with Crippen molar-refractivity contribution in [1.29, 1.82) is 0 Å². The van der Waals surface area contributed by atoms with E-state index in [1.165, 1.54) is 12.8 Å². The lowest BCUT2D eigenvalue weighted by molar-refractivity contribution is 0.107. The minimum absolute atomic E-state index is 0.267. The lowest BCUT2D eigenvalue weighted by Crippen LogP contribution is -2.28.